The van der Waals surface area contributed by atoms with Gasteiger partial charge >= 0.3 is 0 Å². The minimum Gasteiger partial charge on any atom is -0.497 e. The fourth-order valence-corrected chi connectivity index (χ4v) is 4.76. The van der Waals surface area contributed by atoms with Crippen molar-refractivity contribution in [3.05, 3.63) is 53.5 Å². The predicted octanol–water partition coefficient (Wildman–Crippen LogP) is 3.54. The van der Waals surface area contributed by atoms with Crippen LogP contribution in [0.2, 0.25) is 0 Å². The third kappa shape index (κ3) is 5.89. The Morgan fingerprint density at radius 2 is 1.69 bits per heavy atom. The number of carbonyl (C=O) groups is 1. The number of sulfonamides is 1. The lowest BCUT2D eigenvalue weighted by atomic mass is 10.2. The summed E-state index contributed by atoms with van der Waals surface area (Å²) in [5, 5.41) is 4.73. The van der Waals surface area contributed by atoms with Crippen LogP contribution in [0.1, 0.15) is 12.1 Å². The average Bonchev–Trinajstić information content (AvgIpc) is 3.24. The summed E-state index contributed by atoms with van der Waals surface area (Å²) in [6.45, 7) is 0. The fourth-order valence-electron chi connectivity index (χ4n) is 2.76. The highest BCUT2D eigenvalue weighted by Gasteiger charge is 2.17. The number of nitrogens with zero attached hydrogens (tertiary/aromatic N) is 1. The van der Waals surface area contributed by atoms with Crippen LogP contribution < -0.4 is 24.2 Å². The number of hydrogen-bond acceptors (Lipinski definition) is 8. The van der Waals surface area contributed by atoms with Crippen molar-refractivity contribution in [3.63, 3.8) is 0 Å². The molecule has 0 unspecified atom stereocenters. The van der Waals surface area contributed by atoms with Crippen molar-refractivity contribution in [2.75, 3.05) is 31.4 Å². The third-order valence-corrected chi connectivity index (χ3v) is 6.72. The third-order valence-electron chi connectivity index (χ3n) is 4.43. The van der Waals surface area contributed by atoms with Crippen molar-refractivity contribution >= 4 is 38.1 Å². The second-order valence-electron chi connectivity index (χ2n) is 6.54. The van der Waals surface area contributed by atoms with E-state index < -0.39 is 10.0 Å². The van der Waals surface area contributed by atoms with E-state index in [1.54, 1.807) is 35.7 Å². The summed E-state index contributed by atoms with van der Waals surface area (Å²) in [6, 6.07) is 11.1. The molecule has 0 aliphatic carbocycles. The number of amides is 1. The molecule has 0 saturated carbocycles. The Bertz CT molecular complexity index is 1180. The number of carbonyl (C=O) groups excluding carboxylic acids is 1. The standard InChI is InChI=1S/C21H23N3O6S2/c1-28-15-5-8-17(9-6-15)32(26,27)24-21-22-14(13-31-21)4-11-20(25)23-18-12-16(29-2)7-10-19(18)30-3/h5-10,12-13H,4,11H2,1-3H3,(H,22,24)(H,23,25). The Labute approximate surface area is 190 Å². The van der Waals surface area contributed by atoms with Crippen molar-refractivity contribution in [1.29, 1.82) is 0 Å². The van der Waals surface area contributed by atoms with E-state index in [4.69, 9.17) is 14.2 Å². The first-order chi connectivity index (χ1) is 15.3. The molecule has 0 fully saturated rings. The van der Waals surface area contributed by atoms with Gasteiger partial charge in [-0.3, -0.25) is 9.52 Å². The van der Waals surface area contributed by atoms with Gasteiger partial charge in [-0.25, -0.2) is 13.4 Å². The molecule has 1 amide bonds. The second-order valence-corrected chi connectivity index (χ2v) is 9.08. The molecule has 2 N–H and O–H groups in total. The van der Waals surface area contributed by atoms with Gasteiger partial charge in [-0.05, 0) is 42.8 Å². The van der Waals surface area contributed by atoms with Gasteiger partial charge in [-0.2, -0.15) is 0 Å². The summed E-state index contributed by atoms with van der Waals surface area (Å²) in [5.41, 5.74) is 1.11. The number of thiazole rings is 1. The van der Waals surface area contributed by atoms with E-state index in [9.17, 15) is 13.2 Å². The Morgan fingerprint density at radius 3 is 2.34 bits per heavy atom. The molecule has 170 valence electrons. The lowest BCUT2D eigenvalue weighted by molar-refractivity contribution is -0.116. The number of aryl methyl sites for hydroxylation is 1. The molecular weight excluding hydrogens is 454 g/mol. The van der Waals surface area contributed by atoms with Gasteiger partial charge in [0.25, 0.3) is 10.0 Å². The molecule has 11 heteroatoms. The normalized spacial score (nSPS) is 11.0. The number of aromatic nitrogens is 1. The molecule has 3 aromatic rings. The molecule has 2 aromatic carbocycles. The predicted molar refractivity (Wildman–Crippen MR) is 122 cm³/mol. The number of benzene rings is 2. The number of ether oxygens (including phenoxy) is 3. The van der Waals surface area contributed by atoms with Crippen molar-refractivity contribution in [1.82, 2.24) is 4.98 Å². The van der Waals surface area contributed by atoms with E-state index in [1.165, 1.54) is 33.5 Å². The lowest BCUT2D eigenvalue weighted by Gasteiger charge is -2.11. The molecule has 3 rings (SSSR count). The lowest BCUT2D eigenvalue weighted by Crippen LogP contribution is -2.14. The van der Waals surface area contributed by atoms with Gasteiger partial charge in [0.15, 0.2) is 5.13 Å². The first-order valence-electron chi connectivity index (χ1n) is 9.48. The zero-order valence-corrected chi connectivity index (χ0v) is 19.4. The molecule has 0 aliphatic rings. The summed E-state index contributed by atoms with van der Waals surface area (Å²) in [6.07, 6.45) is 0.508. The minimum atomic E-state index is -3.77. The number of nitrogens with one attached hydrogen (secondary N) is 2. The van der Waals surface area contributed by atoms with Crippen molar-refractivity contribution in [2.45, 2.75) is 17.7 Å². The van der Waals surface area contributed by atoms with Crippen LogP contribution in [-0.4, -0.2) is 40.6 Å². The van der Waals surface area contributed by atoms with Gasteiger partial charge in [0.05, 0.1) is 37.6 Å². The van der Waals surface area contributed by atoms with Gasteiger partial charge in [0.2, 0.25) is 5.91 Å². The maximum Gasteiger partial charge on any atom is 0.263 e. The van der Waals surface area contributed by atoms with Gasteiger partial charge in [0.1, 0.15) is 17.2 Å². The van der Waals surface area contributed by atoms with E-state index >= 15 is 0 Å². The Morgan fingerprint density at radius 1 is 1.00 bits per heavy atom. The highest BCUT2D eigenvalue weighted by molar-refractivity contribution is 7.93. The summed E-state index contributed by atoms with van der Waals surface area (Å²) in [5.74, 6) is 1.44. The molecule has 0 radical (unpaired) electrons. The largest absolute Gasteiger partial charge is 0.497 e. The highest BCUT2D eigenvalue weighted by atomic mass is 32.2. The molecule has 0 saturated heterocycles. The van der Waals surface area contributed by atoms with Crippen molar-refractivity contribution in [2.24, 2.45) is 0 Å². The Balaban J connectivity index is 1.59. The number of rotatable bonds is 10. The van der Waals surface area contributed by atoms with E-state index in [-0.39, 0.29) is 22.4 Å². The van der Waals surface area contributed by atoms with Crippen LogP contribution in [0.4, 0.5) is 10.8 Å². The molecule has 0 spiro atoms. The van der Waals surface area contributed by atoms with Crippen LogP contribution in [0, 0.1) is 0 Å². The quantitative estimate of drug-likeness (QED) is 0.459. The number of anilines is 2. The molecule has 0 bridgehead atoms. The van der Waals surface area contributed by atoms with E-state index in [2.05, 4.69) is 15.0 Å². The molecule has 1 heterocycles. The molecule has 32 heavy (non-hydrogen) atoms. The van der Waals surface area contributed by atoms with Crippen LogP contribution in [0.15, 0.2) is 52.7 Å². The van der Waals surface area contributed by atoms with Gasteiger partial charge in [0, 0.05) is 17.9 Å². The Hall–Kier alpha value is -3.31. The summed E-state index contributed by atoms with van der Waals surface area (Å²) in [4.78, 5) is 16.7. The SMILES string of the molecule is COc1ccc(S(=O)(=O)Nc2nc(CCC(=O)Nc3cc(OC)ccc3OC)cs2)cc1. The molecule has 9 nitrogen and oxygen atoms in total. The van der Waals surface area contributed by atoms with E-state index in [0.717, 1.165) is 11.3 Å². The first-order valence-corrected chi connectivity index (χ1v) is 11.8. The number of methoxy groups -OCH3 is 3. The average molecular weight is 478 g/mol. The zero-order chi connectivity index (χ0) is 23.1. The van der Waals surface area contributed by atoms with Crippen molar-refractivity contribution in [3.8, 4) is 17.2 Å². The first kappa shape index (κ1) is 23.4. The monoisotopic (exact) mass is 477 g/mol. The summed E-state index contributed by atoms with van der Waals surface area (Å²) in [7, 11) is 0.785. The fraction of sp³-hybridized carbons (Fsp3) is 0.238. The van der Waals surface area contributed by atoms with Crippen LogP contribution in [0.5, 0.6) is 17.2 Å². The van der Waals surface area contributed by atoms with Crippen LogP contribution >= 0.6 is 11.3 Å². The second kappa shape index (κ2) is 10.3. The maximum absolute atomic E-state index is 12.5. The maximum atomic E-state index is 12.5. The van der Waals surface area contributed by atoms with E-state index in [0.29, 0.717) is 35.1 Å². The molecule has 0 aliphatic heterocycles. The highest BCUT2D eigenvalue weighted by Crippen LogP contribution is 2.29. The minimum absolute atomic E-state index is 0.0988. The van der Waals surface area contributed by atoms with Gasteiger partial charge in [-0.15, -0.1) is 11.3 Å². The van der Waals surface area contributed by atoms with Gasteiger partial charge in [-0.1, -0.05) is 0 Å². The Kier molecular flexibility index (Phi) is 7.54. The zero-order valence-electron chi connectivity index (χ0n) is 17.7. The van der Waals surface area contributed by atoms with Crippen LogP contribution in [0.3, 0.4) is 0 Å². The molecular formula is C21H23N3O6S2. The topological polar surface area (TPSA) is 116 Å². The van der Waals surface area contributed by atoms with Crippen LogP contribution in [-0.2, 0) is 21.2 Å². The van der Waals surface area contributed by atoms with Gasteiger partial charge < -0.3 is 19.5 Å². The summed E-state index contributed by atoms with van der Waals surface area (Å²) >= 11 is 1.15. The number of hydrogen-bond donors (Lipinski definition) is 2. The molecule has 0 atom stereocenters. The smallest absolute Gasteiger partial charge is 0.263 e. The molecule has 1 aromatic heterocycles. The summed E-state index contributed by atoms with van der Waals surface area (Å²) < 4.78 is 43.0. The van der Waals surface area contributed by atoms with Crippen molar-refractivity contribution < 1.29 is 27.4 Å². The van der Waals surface area contributed by atoms with Crippen LogP contribution in [0.25, 0.3) is 0 Å². The van der Waals surface area contributed by atoms with E-state index in [1.807, 2.05) is 0 Å².